The number of pyridine rings is 1. The van der Waals surface area contributed by atoms with E-state index < -0.39 is 17.9 Å². The number of nitrogens with zero attached hydrogens (tertiary/aromatic N) is 6. The van der Waals surface area contributed by atoms with E-state index in [2.05, 4.69) is 42.9 Å². The van der Waals surface area contributed by atoms with Gasteiger partial charge in [-0.3, -0.25) is 19.3 Å². The Morgan fingerprint density at radius 3 is 2.46 bits per heavy atom. The number of hydrogen-bond acceptors (Lipinski definition) is 7. The zero-order chi connectivity index (χ0) is 28.6. The summed E-state index contributed by atoms with van der Waals surface area (Å²) in [7, 11) is 0. The summed E-state index contributed by atoms with van der Waals surface area (Å²) in [5.74, 6) is -0.804. The van der Waals surface area contributed by atoms with E-state index in [1.54, 1.807) is 12.3 Å². The average Bonchev–Trinajstić information content (AvgIpc) is 3.65. The van der Waals surface area contributed by atoms with Gasteiger partial charge < -0.3 is 10.4 Å². The third-order valence-corrected chi connectivity index (χ3v) is 6.64. The summed E-state index contributed by atoms with van der Waals surface area (Å²) in [6.45, 7) is 2.50. The quantitative estimate of drug-likeness (QED) is 0.211. The molecule has 3 N–H and O–H groups in total. The number of carboxylic acid groups (broad SMARTS) is 1. The summed E-state index contributed by atoms with van der Waals surface area (Å²) in [4.78, 5) is 29.3. The number of benzene rings is 2. The largest absolute Gasteiger partial charge is 0.481 e. The predicted molar refractivity (Wildman–Crippen MR) is 152 cm³/mol. The first-order chi connectivity index (χ1) is 20.0. The number of rotatable bonds is 12. The van der Waals surface area contributed by atoms with Gasteiger partial charge in [0, 0.05) is 29.1 Å². The number of aromatic nitrogens is 7. The summed E-state index contributed by atoms with van der Waals surface area (Å²) in [5.41, 5.74) is 5.57. The van der Waals surface area contributed by atoms with Gasteiger partial charge in [-0.1, -0.05) is 74.0 Å². The van der Waals surface area contributed by atoms with Crippen LogP contribution in [0.5, 0.6) is 0 Å². The van der Waals surface area contributed by atoms with Crippen LogP contribution in [-0.2, 0) is 24.2 Å². The highest BCUT2D eigenvalue weighted by atomic mass is 16.4. The number of carbonyl (C=O) groups excluding carboxylic acids is 1. The molecule has 0 aliphatic heterocycles. The Bertz CT molecular complexity index is 1600. The molecule has 2 aromatic carbocycles. The smallest absolute Gasteiger partial charge is 0.305 e. The second-order valence-corrected chi connectivity index (χ2v) is 9.73. The van der Waals surface area contributed by atoms with Gasteiger partial charge in [0.2, 0.25) is 0 Å². The van der Waals surface area contributed by atoms with Gasteiger partial charge in [0.05, 0.1) is 18.7 Å². The monoisotopic (exact) mass is 550 g/mol. The third-order valence-electron chi connectivity index (χ3n) is 6.64. The first kappa shape index (κ1) is 27.4. The number of carboxylic acids is 1. The molecule has 0 radical (unpaired) electrons. The normalized spacial score (nSPS) is 11.7. The lowest BCUT2D eigenvalue weighted by Gasteiger charge is -2.16. The molecule has 0 saturated heterocycles. The first-order valence-electron chi connectivity index (χ1n) is 13.4. The highest BCUT2D eigenvalue weighted by Gasteiger charge is 2.21. The number of carbonyl (C=O) groups is 2. The van der Waals surface area contributed by atoms with E-state index in [1.165, 1.54) is 0 Å². The summed E-state index contributed by atoms with van der Waals surface area (Å²) in [6.07, 6.45) is 3.65. The number of aryl methyl sites for hydroxylation is 1. The number of hydrogen-bond donors (Lipinski definition) is 3. The first-order valence-corrected chi connectivity index (χ1v) is 13.4. The summed E-state index contributed by atoms with van der Waals surface area (Å²) >= 11 is 0. The van der Waals surface area contributed by atoms with Crippen LogP contribution >= 0.6 is 0 Å². The molecule has 41 heavy (non-hydrogen) atoms. The highest BCUT2D eigenvalue weighted by molar-refractivity contribution is 5.93. The van der Waals surface area contributed by atoms with Crippen molar-refractivity contribution in [2.45, 2.75) is 45.2 Å². The molecule has 0 aliphatic carbocycles. The van der Waals surface area contributed by atoms with E-state index in [0.717, 1.165) is 46.5 Å². The van der Waals surface area contributed by atoms with Crippen LogP contribution in [0.25, 0.3) is 22.6 Å². The van der Waals surface area contributed by atoms with E-state index in [-0.39, 0.29) is 12.1 Å². The molecule has 3 heterocycles. The van der Waals surface area contributed by atoms with Crippen molar-refractivity contribution in [3.8, 4) is 22.6 Å². The maximum atomic E-state index is 13.2. The lowest BCUT2D eigenvalue weighted by atomic mass is 10.0. The topological polar surface area (TPSA) is 152 Å². The van der Waals surface area contributed by atoms with Crippen molar-refractivity contribution in [2.75, 3.05) is 0 Å². The molecule has 0 aliphatic rings. The standard InChI is InChI=1S/C30H30N8O3/c1-2-8-23-17-27(30(41)32-22(16-28(39)40)15-20-9-4-3-5-10-20)35-38(23)19-21-13-14-26(31-18-21)24-11-6-7-12-25(24)29-33-36-37-34-29/h3-7,9-14,17-18,22H,2,8,15-16,19H2,1H3,(H,32,41)(H,39,40)(H,33,34,36,37). The molecule has 11 nitrogen and oxygen atoms in total. The fourth-order valence-electron chi connectivity index (χ4n) is 4.74. The maximum absolute atomic E-state index is 13.2. The average molecular weight is 551 g/mol. The molecule has 0 saturated carbocycles. The molecule has 5 aromatic rings. The number of aromatic amines is 1. The van der Waals surface area contributed by atoms with Crippen LogP contribution in [0, 0.1) is 0 Å². The van der Waals surface area contributed by atoms with Crippen molar-refractivity contribution in [1.82, 2.24) is 40.7 Å². The lowest BCUT2D eigenvalue weighted by Crippen LogP contribution is -2.38. The van der Waals surface area contributed by atoms with Crippen molar-refractivity contribution >= 4 is 11.9 Å². The van der Waals surface area contributed by atoms with E-state index in [0.29, 0.717) is 18.8 Å². The van der Waals surface area contributed by atoms with Crippen LogP contribution in [0.4, 0.5) is 0 Å². The highest BCUT2D eigenvalue weighted by Crippen LogP contribution is 2.28. The number of H-pyrrole nitrogens is 1. The predicted octanol–water partition coefficient (Wildman–Crippen LogP) is 3.94. The van der Waals surface area contributed by atoms with Crippen LogP contribution < -0.4 is 5.32 Å². The molecule has 11 heteroatoms. The van der Waals surface area contributed by atoms with Gasteiger partial charge in [-0.15, -0.1) is 5.10 Å². The maximum Gasteiger partial charge on any atom is 0.305 e. The van der Waals surface area contributed by atoms with Crippen LogP contribution in [0.1, 0.15) is 47.1 Å². The molecule has 1 atom stereocenters. The fourth-order valence-corrected chi connectivity index (χ4v) is 4.74. The van der Waals surface area contributed by atoms with Gasteiger partial charge in [-0.2, -0.15) is 5.10 Å². The number of tetrazole rings is 1. The molecule has 3 aromatic heterocycles. The molecule has 0 fully saturated rings. The van der Waals surface area contributed by atoms with Gasteiger partial charge in [-0.25, -0.2) is 5.10 Å². The second-order valence-electron chi connectivity index (χ2n) is 9.73. The van der Waals surface area contributed by atoms with Crippen molar-refractivity contribution in [3.05, 3.63) is 102 Å². The van der Waals surface area contributed by atoms with Crippen molar-refractivity contribution in [2.24, 2.45) is 0 Å². The Morgan fingerprint density at radius 2 is 1.78 bits per heavy atom. The minimum Gasteiger partial charge on any atom is -0.481 e. The Balaban J connectivity index is 1.33. The van der Waals surface area contributed by atoms with Crippen LogP contribution in [0.15, 0.2) is 79.0 Å². The van der Waals surface area contributed by atoms with Crippen molar-refractivity contribution in [3.63, 3.8) is 0 Å². The number of aliphatic carboxylic acids is 1. The zero-order valence-electron chi connectivity index (χ0n) is 22.6. The summed E-state index contributed by atoms with van der Waals surface area (Å²) in [6, 6.07) is 22.4. The van der Waals surface area contributed by atoms with Crippen molar-refractivity contribution in [1.29, 1.82) is 0 Å². The molecular formula is C30H30N8O3. The van der Waals surface area contributed by atoms with Crippen molar-refractivity contribution < 1.29 is 14.7 Å². The number of nitrogens with one attached hydrogen (secondary N) is 2. The molecule has 1 unspecified atom stereocenters. The Morgan fingerprint density at radius 1 is 1.00 bits per heavy atom. The van der Waals surface area contributed by atoms with Gasteiger partial charge in [0.1, 0.15) is 5.69 Å². The zero-order valence-corrected chi connectivity index (χ0v) is 22.6. The van der Waals surface area contributed by atoms with E-state index in [9.17, 15) is 14.7 Å². The molecular weight excluding hydrogens is 520 g/mol. The Hall–Kier alpha value is -5.19. The van der Waals surface area contributed by atoms with Crippen LogP contribution in [0.2, 0.25) is 0 Å². The third kappa shape index (κ3) is 6.88. The molecule has 208 valence electrons. The van der Waals surface area contributed by atoms with Crippen LogP contribution in [-0.4, -0.2) is 58.4 Å². The van der Waals surface area contributed by atoms with Gasteiger partial charge in [0.15, 0.2) is 5.82 Å². The van der Waals surface area contributed by atoms with Gasteiger partial charge in [0.25, 0.3) is 5.91 Å². The van der Waals surface area contributed by atoms with E-state index >= 15 is 0 Å². The second kappa shape index (κ2) is 12.8. The lowest BCUT2D eigenvalue weighted by molar-refractivity contribution is -0.137. The summed E-state index contributed by atoms with van der Waals surface area (Å²) < 4.78 is 1.81. The Kier molecular flexibility index (Phi) is 8.53. The number of amides is 1. The Labute approximate surface area is 236 Å². The molecule has 1 amide bonds. The van der Waals surface area contributed by atoms with Gasteiger partial charge >= 0.3 is 5.97 Å². The molecule has 0 spiro atoms. The summed E-state index contributed by atoms with van der Waals surface area (Å²) in [5, 5.41) is 31.0. The van der Waals surface area contributed by atoms with E-state index in [4.69, 9.17) is 0 Å². The minimum atomic E-state index is -0.973. The SMILES string of the molecule is CCCc1cc(C(=O)NC(CC(=O)O)Cc2ccccc2)nn1Cc1ccc(-c2ccccc2-c2nnn[nH]2)nc1. The van der Waals surface area contributed by atoms with Gasteiger partial charge in [-0.05, 0) is 46.5 Å². The molecule has 0 bridgehead atoms. The fraction of sp³-hybridized carbons (Fsp3) is 0.233. The van der Waals surface area contributed by atoms with E-state index in [1.807, 2.05) is 71.4 Å². The minimum absolute atomic E-state index is 0.183. The molecule has 5 rings (SSSR count). The van der Waals surface area contributed by atoms with Crippen LogP contribution in [0.3, 0.4) is 0 Å².